The van der Waals surface area contributed by atoms with Crippen molar-refractivity contribution in [2.45, 2.75) is 53.2 Å². The van der Waals surface area contributed by atoms with Crippen molar-refractivity contribution >= 4 is 56.1 Å². The highest BCUT2D eigenvalue weighted by molar-refractivity contribution is 6.15. The average molecular weight is 645 g/mol. The van der Waals surface area contributed by atoms with Crippen LogP contribution in [-0.2, 0) is 29.1 Å². The molecule has 0 unspecified atom stereocenters. The molecule has 6 aromatic rings. The summed E-state index contributed by atoms with van der Waals surface area (Å²) in [6, 6.07) is 31.5. The lowest BCUT2D eigenvalue weighted by Crippen LogP contribution is -2.11. The third-order valence-corrected chi connectivity index (χ3v) is 9.02. The van der Waals surface area contributed by atoms with E-state index in [9.17, 15) is 9.59 Å². The molecule has 1 aromatic heterocycles. The molecule has 244 valence electrons. The van der Waals surface area contributed by atoms with Gasteiger partial charge in [0.05, 0.1) is 6.42 Å². The molecule has 49 heavy (non-hydrogen) atoms. The Labute approximate surface area is 287 Å². The summed E-state index contributed by atoms with van der Waals surface area (Å²) >= 11 is 0. The van der Waals surface area contributed by atoms with Gasteiger partial charge in [-0.1, -0.05) is 85.5 Å². The topological polar surface area (TPSA) is 72.2 Å². The number of allylic oxidation sites excluding steroid dienone is 2. The van der Waals surface area contributed by atoms with Gasteiger partial charge in [0.15, 0.2) is 5.78 Å². The van der Waals surface area contributed by atoms with Crippen LogP contribution in [0.25, 0.3) is 38.7 Å². The van der Waals surface area contributed by atoms with Gasteiger partial charge in [-0.05, 0) is 97.0 Å². The van der Waals surface area contributed by atoms with Gasteiger partial charge < -0.3 is 14.7 Å². The molecule has 0 spiro atoms. The van der Waals surface area contributed by atoms with E-state index in [0.29, 0.717) is 23.4 Å². The fourth-order valence-electron chi connectivity index (χ4n) is 6.42. The van der Waals surface area contributed by atoms with Crippen molar-refractivity contribution in [3.63, 3.8) is 0 Å². The smallest absolute Gasteiger partial charge is 0.307 e. The van der Waals surface area contributed by atoms with Gasteiger partial charge >= 0.3 is 5.97 Å². The zero-order valence-corrected chi connectivity index (χ0v) is 28.3. The van der Waals surface area contributed by atoms with E-state index in [4.69, 9.17) is 10.1 Å². The number of hydrogen-bond acceptors (Lipinski definition) is 4. The van der Waals surface area contributed by atoms with Gasteiger partial charge in [-0.2, -0.15) is 0 Å². The van der Waals surface area contributed by atoms with Crippen LogP contribution in [-0.4, -0.2) is 22.0 Å². The normalized spacial score (nSPS) is 11.8. The molecule has 0 atom stereocenters. The number of esters is 1. The molecule has 7 rings (SSSR count). The first-order chi connectivity index (χ1) is 23.7. The predicted molar refractivity (Wildman–Crippen MR) is 202 cm³/mol. The summed E-state index contributed by atoms with van der Waals surface area (Å²) < 4.78 is 8.04. The fourth-order valence-corrected chi connectivity index (χ4v) is 6.42. The van der Waals surface area contributed by atoms with Crippen LogP contribution in [0.2, 0.25) is 0 Å². The van der Waals surface area contributed by atoms with Gasteiger partial charge in [0, 0.05) is 50.8 Å². The molecule has 0 saturated heterocycles. The van der Waals surface area contributed by atoms with Crippen LogP contribution >= 0.6 is 0 Å². The first-order valence-electron chi connectivity index (χ1n) is 16.7. The Hall–Kier alpha value is -5.77. The Kier molecular flexibility index (Phi) is 9.84. The van der Waals surface area contributed by atoms with Crippen molar-refractivity contribution in [3.05, 3.63) is 154 Å². The van der Waals surface area contributed by atoms with E-state index < -0.39 is 0 Å². The number of hydrogen-bond donors (Lipinski definition) is 1. The van der Waals surface area contributed by atoms with Crippen LogP contribution in [0, 0.1) is 5.41 Å². The third-order valence-electron chi connectivity index (χ3n) is 9.02. The largest absolute Gasteiger partial charge is 0.461 e. The molecule has 0 saturated carbocycles. The van der Waals surface area contributed by atoms with Gasteiger partial charge in [0.2, 0.25) is 0 Å². The number of aryl methyl sites for hydroxylation is 2. The van der Waals surface area contributed by atoms with Gasteiger partial charge in [0.1, 0.15) is 6.61 Å². The van der Waals surface area contributed by atoms with Crippen molar-refractivity contribution in [1.29, 1.82) is 5.41 Å². The van der Waals surface area contributed by atoms with Crippen LogP contribution in [0.4, 0.5) is 0 Å². The van der Waals surface area contributed by atoms with Gasteiger partial charge in [-0.15, -0.1) is 5.73 Å². The van der Waals surface area contributed by atoms with Crippen LogP contribution in [0.3, 0.4) is 0 Å². The fraction of sp³-hybridized carbons (Fsp3) is 0.182. The Morgan fingerprint density at radius 3 is 2.16 bits per heavy atom. The molecule has 1 aliphatic carbocycles. The number of ether oxygens (including phenoxy) is 1. The van der Waals surface area contributed by atoms with E-state index in [2.05, 4.69) is 47.2 Å². The van der Waals surface area contributed by atoms with Gasteiger partial charge in [-0.3, -0.25) is 9.59 Å². The van der Waals surface area contributed by atoms with E-state index >= 15 is 0 Å². The molecule has 0 radical (unpaired) electrons. The highest BCUT2D eigenvalue weighted by atomic mass is 16.5. The summed E-state index contributed by atoms with van der Waals surface area (Å²) in [7, 11) is 0. The quantitative estimate of drug-likeness (QED) is 0.0776. The summed E-state index contributed by atoms with van der Waals surface area (Å²) in [6.07, 6.45) is 6.57. The van der Waals surface area contributed by atoms with Crippen molar-refractivity contribution in [2.24, 2.45) is 0 Å². The number of rotatable bonds is 8. The zero-order valence-electron chi connectivity index (χ0n) is 28.3. The summed E-state index contributed by atoms with van der Waals surface area (Å²) in [6.45, 7) is 9.76. The molecule has 1 aliphatic rings. The van der Waals surface area contributed by atoms with Crippen molar-refractivity contribution in [3.8, 4) is 0 Å². The highest BCUT2D eigenvalue weighted by Gasteiger charge is 2.18. The molecule has 1 heterocycles. The van der Waals surface area contributed by atoms with E-state index in [-0.39, 0.29) is 24.8 Å². The number of nitrogens with one attached hydrogen (secondary N) is 1. The minimum Gasteiger partial charge on any atom is -0.461 e. The van der Waals surface area contributed by atoms with E-state index in [0.717, 1.165) is 56.7 Å². The second kappa shape index (κ2) is 14.6. The number of aromatic nitrogens is 1. The van der Waals surface area contributed by atoms with Crippen LogP contribution in [0.5, 0.6) is 0 Å². The average Bonchev–Trinajstić information content (AvgIpc) is 3.44. The van der Waals surface area contributed by atoms with Crippen molar-refractivity contribution in [2.75, 3.05) is 0 Å². The molecule has 0 bridgehead atoms. The summed E-state index contributed by atoms with van der Waals surface area (Å²) in [5, 5.41) is 12.3. The third kappa shape index (κ3) is 7.08. The minimum atomic E-state index is -0.260. The monoisotopic (exact) mass is 644 g/mol. The number of carbonyl (C=O) groups is 2. The van der Waals surface area contributed by atoms with Crippen molar-refractivity contribution in [1.82, 2.24) is 4.57 Å². The number of benzene rings is 5. The first kappa shape index (κ1) is 33.1. The molecule has 5 heteroatoms. The molecule has 5 aromatic carbocycles. The predicted octanol–water partition coefficient (Wildman–Crippen LogP) is 10.4. The van der Waals surface area contributed by atoms with Gasteiger partial charge in [-0.25, -0.2) is 0 Å². The van der Waals surface area contributed by atoms with Crippen molar-refractivity contribution < 1.29 is 14.3 Å². The van der Waals surface area contributed by atoms with Gasteiger partial charge in [0.25, 0.3) is 0 Å². The molecular weight excluding hydrogens is 604 g/mol. The van der Waals surface area contributed by atoms with Crippen LogP contribution in [0.15, 0.2) is 121 Å². The summed E-state index contributed by atoms with van der Waals surface area (Å²) in [5.41, 5.74) is 11.8. The maximum atomic E-state index is 13.3. The minimum absolute atomic E-state index is 0.0400. The maximum Gasteiger partial charge on any atom is 0.307 e. The lowest BCUT2D eigenvalue weighted by molar-refractivity contribution is -0.145. The Morgan fingerprint density at radius 2 is 1.47 bits per heavy atom. The number of carbonyl (C=O) groups excluding carboxylic acids is 2. The van der Waals surface area contributed by atoms with E-state index in [1.807, 2.05) is 92.7 Å². The SMILES string of the molecule is C=C=C(C)C.CC(=N)c1ccc2c(c1)c1cc(C(=O)c3ccccc3)ccc1n2CCC(=O)OCc1c2c(cc3ccccc13)CCC=C2. The molecule has 5 nitrogen and oxygen atoms in total. The second-order valence-electron chi connectivity index (χ2n) is 12.6. The lowest BCUT2D eigenvalue weighted by atomic mass is 9.89. The highest BCUT2D eigenvalue weighted by Crippen LogP contribution is 2.33. The number of ketones is 1. The molecule has 0 amide bonds. The molecule has 0 fully saturated rings. The standard InChI is InChI=1S/C39H32N2O3.C5H8/c1-25(40)27-15-17-36-33(22-27)34-23-30(39(43)26-9-3-2-4-10-26)16-18-37(34)41(36)20-19-38(42)44-24-35-31-13-7-5-11-28(31)21-29-12-6-8-14-32(29)35;1-4-5(2)3/h2-5,7-11,13-18,21-23,40H,6,12,19-20,24H2,1H3;1H2,2-3H3. The summed E-state index contributed by atoms with van der Waals surface area (Å²) in [5.74, 6) is -0.300. The summed E-state index contributed by atoms with van der Waals surface area (Å²) in [4.78, 5) is 26.5. The maximum absolute atomic E-state index is 13.3. The number of nitrogens with zero attached hydrogens (tertiary/aromatic N) is 1. The Bertz CT molecular complexity index is 2310. The zero-order chi connectivity index (χ0) is 34.5. The lowest BCUT2D eigenvalue weighted by Gasteiger charge is -2.18. The molecule has 1 N–H and O–H groups in total. The van der Waals surface area contributed by atoms with Crippen LogP contribution < -0.4 is 0 Å². The molecular formula is C44H40N2O3. The Balaban J connectivity index is 0.000000778. The van der Waals surface area contributed by atoms with E-state index in [1.165, 1.54) is 16.5 Å². The first-order valence-corrected chi connectivity index (χ1v) is 16.7. The van der Waals surface area contributed by atoms with Crippen LogP contribution in [0.1, 0.15) is 71.8 Å². The number of fused-ring (bicyclic) bond motifs is 5. The molecule has 0 aliphatic heterocycles. The second-order valence-corrected chi connectivity index (χ2v) is 12.6. The van der Waals surface area contributed by atoms with E-state index in [1.54, 1.807) is 6.92 Å². The Morgan fingerprint density at radius 1 is 0.816 bits per heavy atom.